The van der Waals surface area contributed by atoms with Gasteiger partial charge in [-0.05, 0) is 43.1 Å². The van der Waals surface area contributed by atoms with Crippen LogP contribution in [0.3, 0.4) is 0 Å². The molecule has 1 unspecified atom stereocenters. The number of nitrogens with zero attached hydrogens (tertiary/aromatic N) is 2. The standard InChI is InChI=1S/C20H22ClFN2O/c1-23(13-16-5-2-3-6-18(16)22)20(25)14-24-12-4-7-19(24)15-8-10-17(21)11-9-15/h2-3,5-6,8-11,19H,4,7,12-14H2,1H3. The molecule has 0 radical (unpaired) electrons. The number of hydrogen-bond donors (Lipinski definition) is 0. The van der Waals surface area contributed by atoms with E-state index in [1.54, 1.807) is 30.1 Å². The maximum atomic E-state index is 13.8. The second-order valence-corrected chi connectivity index (χ2v) is 6.96. The Morgan fingerprint density at radius 2 is 1.96 bits per heavy atom. The third-order valence-electron chi connectivity index (χ3n) is 4.75. The first-order valence-electron chi connectivity index (χ1n) is 8.51. The van der Waals surface area contributed by atoms with Crippen molar-refractivity contribution in [3.63, 3.8) is 0 Å². The van der Waals surface area contributed by atoms with E-state index < -0.39 is 0 Å². The molecule has 2 aromatic rings. The molecule has 1 saturated heterocycles. The van der Waals surface area contributed by atoms with Crippen LogP contribution in [0, 0.1) is 5.82 Å². The Morgan fingerprint density at radius 1 is 1.24 bits per heavy atom. The first-order chi connectivity index (χ1) is 12.0. The van der Waals surface area contributed by atoms with Crippen LogP contribution in [-0.4, -0.2) is 35.8 Å². The number of likely N-dealkylation sites (tertiary alicyclic amines) is 1. The molecule has 1 heterocycles. The average Bonchev–Trinajstić information content (AvgIpc) is 3.05. The van der Waals surface area contributed by atoms with Gasteiger partial charge in [0.2, 0.25) is 5.91 Å². The van der Waals surface area contributed by atoms with Gasteiger partial charge in [-0.2, -0.15) is 0 Å². The van der Waals surface area contributed by atoms with Gasteiger partial charge >= 0.3 is 0 Å². The summed E-state index contributed by atoms with van der Waals surface area (Å²) in [6.07, 6.45) is 2.10. The van der Waals surface area contributed by atoms with Gasteiger partial charge in [0.05, 0.1) is 6.54 Å². The maximum absolute atomic E-state index is 13.8. The van der Waals surface area contributed by atoms with Gasteiger partial charge < -0.3 is 4.90 Å². The summed E-state index contributed by atoms with van der Waals surface area (Å²) in [5.41, 5.74) is 1.72. The Hall–Kier alpha value is -1.91. The van der Waals surface area contributed by atoms with E-state index in [-0.39, 0.29) is 24.3 Å². The minimum absolute atomic E-state index is 0.00381. The highest BCUT2D eigenvalue weighted by molar-refractivity contribution is 6.30. The monoisotopic (exact) mass is 360 g/mol. The van der Waals surface area contributed by atoms with Gasteiger partial charge in [0, 0.05) is 30.2 Å². The molecule has 3 nitrogen and oxygen atoms in total. The van der Waals surface area contributed by atoms with Crippen LogP contribution in [-0.2, 0) is 11.3 Å². The van der Waals surface area contributed by atoms with Gasteiger partial charge in [-0.15, -0.1) is 0 Å². The second kappa shape index (κ2) is 7.98. The van der Waals surface area contributed by atoms with Crippen molar-refractivity contribution in [2.45, 2.75) is 25.4 Å². The maximum Gasteiger partial charge on any atom is 0.236 e. The van der Waals surface area contributed by atoms with E-state index in [0.717, 1.165) is 19.4 Å². The van der Waals surface area contributed by atoms with Crippen molar-refractivity contribution < 1.29 is 9.18 Å². The molecule has 1 fully saturated rings. The Morgan fingerprint density at radius 3 is 2.68 bits per heavy atom. The molecule has 0 saturated carbocycles. The number of benzene rings is 2. The SMILES string of the molecule is CN(Cc1ccccc1F)C(=O)CN1CCCC1c1ccc(Cl)cc1. The summed E-state index contributed by atoms with van der Waals surface area (Å²) in [6, 6.07) is 14.6. The van der Waals surface area contributed by atoms with Gasteiger partial charge in [0.25, 0.3) is 0 Å². The van der Waals surface area contributed by atoms with Gasteiger partial charge in [-0.3, -0.25) is 9.69 Å². The molecule has 3 rings (SSSR count). The number of likely N-dealkylation sites (N-methyl/N-ethyl adjacent to an activating group) is 1. The van der Waals surface area contributed by atoms with E-state index in [2.05, 4.69) is 4.90 Å². The van der Waals surface area contributed by atoms with Crippen molar-refractivity contribution in [3.05, 3.63) is 70.5 Å². The third kappa shape index (κ3) is 4.39. The van der Waals surface area contributed by atoms with E-state index in [4.69, 9.17) is 11.6 Å². The molecule has 0 spiro atoms. The first-order valence-corrected chi connectivity index (χ1v) is 8.89. The van der Waals surface area contributed by atoms with Gasteiger partial charge in [-0.25, -0.2) is 4.39 Å². The van der Waals surface area contributed by atoms with Crippen LogP contribution in [0.1, 0.15) is 30.0 Å². The minimum Gasteiger partial charge on any atom is -0.340 e. The molecule has 0 N–H and O–H groups in total. The van der Waals surface area contributed by atoms with Crippen LogP contribution in [0.4, 0.5) is 4.39 Å². The fourth-order valence-electron chi connectivity index (χ4n) is 3.34. The number of rotatable bonds is 5. The summed E-state index contributed by atoms with van der Waals surface area (Å²) in [7, 11) is 1.72. The number of amides is 1. The quantitative estimate of drug-likeness (QED) is 0.794. The molecular weight excluding hydrogens is 339 g/mol. The Labute approximate surface area is 153 Å². The predicted molar refractivity (Wildman–Crippen MR) is 97.9 cm³/mol. The summed E-state index contributed by atoms with van der Waals surface area (Å²) in [5, 5.41) is 0.717. The van der Waals surface area contributed by atoms with Crippen LogP contribution in [0.5, 0.6) is 0 Å². The highest BCUT2D eigenvalue weighted by atomic mass is 35.5. The van der Waals surface area contributed by atoms with Crippen molar-refractivity contribution in [1.29, 1.82) is 0 Å². The summed E-state index contributed by atoms with van der Waals surface area (Å²) in [6.45, 7) is 1.52. The minimum atomic E-state index is -0.276. The van der Waals surface area contributed by atoms with E-state index in [1.807, 2.05) is 24.3 Å². The molecule has 0 bridgehead atoms. The summed E-state index contributed by atoms with van der Waals surface area (Å²) in [4.78, 5) is 16.4. The van der Waals surface area contributed by atoms with Crippen LogP contribution in [0.15, 0.2) is 48.5 Å². The summed E-state index contributed by atoms with van der Waals surface area (Å²) >= 11 is 5.97. The molecule has 1 amide bonds. The Balaban J connectivity index is 1.63. The molecule has 1 aliphatic heterocycles. The van der Waals surface area contributed by atoms with E-state index >= 15 is 0 Å². The molecule has 0 aliphatic carbocycles. The van der Waals surface area contributed by atoms with Crippen LogP contribution >= 0.6 is 11.6 Å². The van der Waals surface area contributed by atoms with E-state index in [9.17, 15) is 9.18 Å². The molecule has 132 valence electrons. The molecule has 1 aliphatic rings. The van der Waals surface area contributed by atoms with E-state index in [1.165, 1.54) is 11.6 Å². The molecule has 1 atom stereocenters. The molecular formula is C20H22ClFN2O. The number of carbonyl (C=O) groups is 1. The smallest absolute Gasteiger partial charge is 0.236 e. The number of carbonyl (C=O) groups excluding carboxylic acids is 1. The fourth-order valence-corrected chi connectivity index (χ4v) is 3.47. The predicted octanol–water partition coefficient (Wildman–Crippen LogP) is 4.27. The fraction of sp³-hybridized carbons (Fsp3) is 0.350. The molecule has 2 aromatic carbocycles. The largest absolute Gasteiger partial charge is 0.340 e. The normalized spacial score (nSPS) is 17.6. The number of hydrogen-bond acceptors (Lipinski definition) is 2. The average molecular weight is 361 g/mol. The molecule has 0 aromatic heterocycles. The summed E-state index contributed by atoms with van der Waals surface area (Å²) in [5.74, 6) is -0.272. The van der Waals surface area contributed by atoms with Gasteiger partial charge in [0.15, 0.2) is 0 Å². The van der Waals surface area contributed by atoms with Crippen LogP contribution in [0.25, 0.3) is 0 Å². The van der Waals surface area contributed by atoms with Crippen molar-refractivity contribution in [2.24, 2.45) is 0 Å². The van der Waals surface area contributed by atoms with Crippen molar-refractivity contribution >= 4 is 17.5 Å². The zero-order valence-corrected chi connectivity index (χ0v) is 15.0. The lowest BCUT2D eigenvalue weighted by atomic mass is 10.0. The zero-order valence-electron chi connectivity index (χ0n) is 14.3. The molecule has 5 heteroatoms. The van der Waals surface area contributed by atoms with Gasteiger partial charge in [0.1, 0.15) is 5.82 Å². The lowest BCUT2D eigenvalue weighted by Gasteiger charge is -2.27. The Bertz CT molecular complexity index is 735. The van der Waals surface area contributed by atoms with E-state index in [0.29, 0.717) is 17.1 Å². The molecule has 25 heavy (non-hydrogen) atoms. The summed E-state index contributed by atoms with van der Waals surface area (Å²) < 4.78 is 13.8. The zero-order chi connectivity index (χ0) is 17.8. The third-order valence-corrected chi connectivity index (χ3v) is 5.00. The van der Waals surface area contributed by atoms with Crippen molar-refractivity contribution in [2.75, 3.05) is 20.1 Å². The van der Waals surface area contributed by atoms with Crippen molar-refractivity contribution in [1.82, 2.24) is 9.80 Å². The second-order valence-electron chi connectivity index (χ2n) is 6.52. The first kappa shape index (κ1) is 17.9. The van der Waals surface area contributed by atoms with Crippen LogP contribution < -0.4 is 0 Å². The highest BCUT2D eigenvalue weighted by Crippen LogP contribution is 2.32. The van der Waals surface area contributed by atoms with Gasteiger partial charge in [-0.1, -0.05) is 41.9 Å². The lowest BCUT2D eigenvalue weighted by Crippen LogP contribution is -2.38. The van der Waals surface area contributed by atoms with Crippen LogP contribution in [0.2, 0.25) is 5.02 Å². The van der Waals surface area contributed by atoms with Crippen molar-refractivity contribution in [3.8, 4) is 0 Å². The number of halogens is 2. The highest BCUT2D eigenvalue weighted by Gasteiger charge is 2.28. The topological polar surface area (TPSA) is 23.6 Å². The lowest BCUT2D eigenvalue weighted by molar-refractivity contribution is -0.131. The Kier molecular flexibility index (Phi) is 5.71.